The van der Waals surface area contributed by atoms with Crippen molar-refractivity contribution >= 4 is 9.84 Å². The van der Waals surface area contributed by atoms with Crippen molar-refractivity contribution in [2.24, 2.45) is 5.92 Å². The van der Waals surface area contributed by atoms with E-state index in [1.807, 2.05) is 0 Å². The Hall–Kier alpha value is -0.910. The van der Waals surface area contributed by atoms with Crippen molar-refractivity contribution in [3.05, 3.63) is 35.9 Å². The first-order chi connectivity index (χ1) is 11.4. The largest absolute Gasteiger partial charge is 0.300 e. The molecule has 2 aliphatic heterocycles. The van der Waals surface area contributed by atoms with E-state index in [4.69, 9.17) is 0 Å². The highest BCUT2D eigenvalue weighted by Crippen LogP contribution is 2.30. The molecule has 0 radical (unpaired) electrons. The van der Waals surface area contributed by atoms with Crippen molar-refractivity contribution in [2.45, 2.75) is 38.3 Å². The minimum atomic E-state index is -2.84. The molecule has 2 atom stereocenters. The normalized spacial score (nSPS) is 30.7. The van der Waals surface area contributed by atoms with Gasteiger partial charge in [0.1, 0.15) is 0 Å². The van der Waals surface area contributed by atoms with E-state index in [1.165, 1.54) is 24.9 Å². The molecule has 0 bridgehead atoms. The Morgan fingerprint density at radius 2 is 2.04 bits per heavy atom. The highest BCUT2D eigenvalue weighted by molar-refractivity contribution is 7.91. The van der Waals surface area contributed by atoms with Crippen LogP contribution in [0.1, 0.15) is 31.7 Å². The van der Waals surface area contributed by atoms with Crippen LogP contribution in [-0.2, 0) is 16.4 Å². The summed E-state index contributed by atoms with van der Waals surface area (Å²) in [5.41, 5.74) is 1.20. The number of sulfone groups is 1. The lowest BCUT2D eigenvalue weighted by molar-refractivity contribution is 0.0919. The molecule has 4 nitrogen and oxygen atoms in total. The number of nitrogens with zero attached hydrogens (tertiary/aromatic N) is 2. The number of hydrogen-bond acceptors (Lipinski definition) is 4. The first kappa shape index (κ1) is 17.9. The number of rotatable bonds is 5. The van der Waals surface area contributed by atoms with Gasteiger partial charge in [-0.3, -0.25) is 9.80 Å². The molecule has 24 heavy (non-hydrogen) atoms. The fourth-order valence-electron chi connectivity index (χ4n) is 4.19. The van der Waals surface area contributed by atoms with Crippen molar-refractivity contribution in [1.82, 2.24) is 9.80 Å². The quantitative estimate of drug-likeness (QED) is 0.818. The molecule has 0 amide bonds. The Labute approximate surface area is 146 Å². The average molecular weight is 351 g/mol. The van der Waals surface area contributed by atoms with Gasteiger partial charge in [0.25, 0.3) is 0 Å². The maximum Gasteiger partial charge on any atom is 0.152 e. The maximum atomic E-state index is 11.9. The van der Waals surface area contributed by atoms with Crippen LogP contribution in [0.3, 0.4) is 0 Å². The Morgan fingerprint density at radius 3 is 2.71 bits per heavy atom. The van der Waals surface area contributed by atoms with Gasteiger partial charge in [-0.15, -0.1) is 0 Å². The van der Waals surface area contributed by atoms with E-state index in [1.54, 1.807) is 0 Å². The van der Waals surface area contributed by atoms with E-state index in [0.29, 0.717) is 17.4 Å². The minimum absolute atomic E-state index is 0.180. The van der Waals surface area contributed by atoms with Gasteiger partial charge in [0.2, 0.25) is 0 Å². The van der Waals surface area contributed by atoms with Crippen LogP contribution in [-0.4, -0.2) is 61.9 Å². The Bertz CT molecular complexity index is 647. The predicted molar refractivity (Wildman–Crippen MR) is 98.7 cm³/mol. The van der Waals surface area contributed by atoms with Gasteiger partial charge >= 0.3 is 0 Å². The molecular formula is C19H30N2O2S. The minimum Gasteiger partial charge on any atom is -0.300 e. The van der Waals surface area contributed by atoms with Gasteiger partial charge in [-0.1, -0.05) is 30.3 Å². The number of hydrogen-bond donors (Lipinski definition) is 0. The molecule has 1 aromatic rings. The molecule has 0 N–H and O–H groups in total. The van der Waals surface area contributed by atoms with Gasteiger partial charge in [-0.2, -0.15) is 0 Å². The summed E-state index contributed by atoms with van der Waals surface area (Å²) in [5.74, 6) is 1.29. The third-order valence-corrected chi connectivity index (χ3v) is 7.68. The van der Waals surface area contributed by atoms with Crippen LogP contribution >= 0.6 is 0 Å². The number of benzene rings is 1. The van der Waals surface area contributed by atoms with Gasteiger partial charge in [0.05, 0.1) is 11.5 Å². The second-order valence-corrected chi connectivity index (χ2v) is 10.1. The fraction of sp³-hybridized carbons (Fsp3) is 0.684. The van der Waals surface area contributed by atoms with Crippen molar-refractivity contribution in [3.8, 4) is 0 Å². The number of likely N-dealkylation sites (tertiary alicyclic amines) is 1. The van der Waals surface area contributed by atoms with Crippen molar-refractivity contribution in [1.29, 1.82) is 0 Å². The lowest BCUT2D eigenvalue weighted by Crippen LogP contribution is -2.49. The average Bonchev–Trinajstić information content (AvgIpc) is 2.83. The molecule has 1 aromatic carbocycles. The van der Waals surface area contributed by atoms with Gasteiger partial charge in [-0.05, 0) is 51.3 Å². The molecule has 0 aliphatic carbocycles. The molecule has 2 saturated heterocycles. The standard InChI is InChI=1S/C19H30N2O2S/c1-19(10-12-24(22,23)16-19)20(2)13-18-9-6-11-21(15-18)14-17-7-4-3-5-8-17/h3-5,7-8,18H,6,9-16H2,1-2H3/t18-,19-/m0/s1. The summed E-state index contributed by atoms with van der Waals surface area (Å²) in [6.07, 6.45) is 3.26. The fourth-order valence-corrected chi connectivity index (χ4v) is 6.40. The summed E-state index contributed by atoms with van der Waals surface area (Å²) in [6.45, 7) is 6.41. The Morgan fingerprint density at radius 1 is 1.29 bits per heavy atom. The van der Waals surface area contributed by atoms with E-state index < -0.39 is 9.84 Å². The van der Waals surface area contributed by atoms with Crippen LogP contribution in [0.15, 0.2) is 30.3 Å². The highest BCUT2D eigenvalue weighted by atomic mass is 32.2. The topological polar surface area (TPSA) is 40.6 Å². The third kappa shape index (κ3) is 4.38. The van der Waals surface area contributed by atoms with Gasteiger partial charge in [0, 0.05) is 25.2 Å². The van der Waals surface area contributed by atoms with E-state index in [0.717, 1.165) is 26.1 Å². The summed E-state index contributed by atoms with van der Waals surface area (Å²) in [7, 11) is -0.735. The van der Waals surface area contributed by atoms with E-state index in [9.17, 15) is 8.42 Å². The Balaban J connectivity index is 1.55. The van der Waals surface area contributed by atoms with Crippen molar-refractivity contribution < 1.29 is 8.42 Å². The summed E-state index contributed by atoms with van der Waals surface area (Å²) in [6, 6.07) is 10.7. The van der Waals surface area contributed by atoms with Gasteiger partial charge in [-0.25, -0.2) is 8.42 Å². The van der Waals surface area contributed by atoms with Crippen LogP contribution in [0.2, 0.25) is 0 Å². The molecule has 3 rings (SSSR count). The van der Waals surface area contributed by atoms with Crippen LogP contribution < -0.4 is 0 Å². The molecule has 0 unspecified atom stereocenters. The summed E-state index contributed by atoms with van der Waals surface area (Å²) in [4.78, 5) is 4.86. The molecule has 5 heteroatoms. The zero-order chi connectivity index (χ0) is 17.2. The molecular weight excluding hydrogens is 320 g/mol. The van der Waals surface area contributed by atoms with E-state index in [-0.39, 0.29) is 5.54 Å². The molecule has 0 spiro atoms. The third-order valence-electron chi connectivity index (χ3n) is 5.79. The lowest BCUT2D eigenvalue weighted by atomic mass is 9.93. The van der Waals surface area contributed by atoms with Crippen molar-refractivity contribution in [2.75, 3.05) is 38.2 Å². The molecule has 2 aliphatic rings. The molecule has 2 heterocycles. The summed E-state index contributed by atoms with van der Waals surface area (Å²) >= 11 is 0. The van der Waals surface area contributed by atoms with Crippen LogP contribution in [0, 0.1) is 5.92 Å². The van der Waals surface area contributed by atoms with Crippen LogP contribution in [0.4, 0.5) is 0 Å². The van der Waals surface area contributed by atoms with Crippen molar-refractivity contribution in [3.63, 3.8) is 0 Å². The zero-order valence-electron chi connectivity index (χ0n) is 14.9. The number of piperidine rings is 1. The second kappa shape index (κ2) is 7.14. The summed E-state index contributed by atoms with van der Waals surface area (Å²) in [5, 5.41) is 0. The van der Waals surface area contributed by atoms with E-state index in [2.05, 4.69) is 54.1 Å². The monoisotopic (exact) mass is 350 g/mol. The Kier molecular flexibility index (Phi) is 5.33. The molecule has 2 fully saturated rings. The van der Waals surface area contributed by atoms with Crippen LogP contribution in [0.25, 0.3) is 0 Å². The first-order valence-electron chi connectivity index (χ1n) is 9.04. The van der Waals surface area contributed by atoms with Gasteiger partial charge < -0.3 is 0 Å². The van der Waals surface area contributed by atoms with Crippen LogP contribution in [0.5, 0.6) is 0 Å². The molecule has 134 valence electrons. The van der Waals surface area contributed by atoms with E-state index >= 15 is 0 Å². The second-order valence-electron chi connectivity index (χ2n) is 7.95. The predicted octanol–water partition coefficient (Wildman–Crippen LogP) is 2.41. The lowest BCUT2D eigenvalue weighted by Gasteiger charge is -2.40. The molecule has 0 saturated carbocycles. The molecule has 0 aromatic heterocycles. The zero-order valence-corrected chi connectivity index (χ0v) is 15.8. The first-order valence-corrected chi connectivity index (χ1v) is 10.9. The SMILES string of the molecule is CN(C[C@@H]1CCCN(Cc2ccccc2)C1)[C@@]1(C)CCS(=O)(=O)C1. The smallest absolute Gasteiger partial charge is 0.152 e. The maximum absolute atomic E-state index is 11.9. The highest BCUT2D eigenvalue weighted by Gasteiger charge is 2.41. The van der Waals surface area contributed by atoms with Gasteiger partial charge in [0.15, 0.2) is 9.84 Å². The summed E-state index contributed by atoms with van der Waals surface area (Å²) < 4.78 is 23.7.